The number of carboxylic acid groups (broad SMARTS) is 1. The van der Waals surface area contributed by atoms with Gasteiger partial charge in [-0.05, 0) is 94.5 Å². The van der Waals surface area contributed by atoms with Crippen LogP contribution in [0.1, 0.15) is 77.0 Å². The summed E-state index contributed by atoms with van der Waals surface area (Å²) in [6, 6.07) is 20.3. The number of Topliss-reactive ketones (excluding diaryl/α,β-unsaturated/α-hetero) is 1. The number of carbonyl (C=O) groups excluding carboxylic acids is 4. The fourth-order valence-corrected chi connectivity index (χ4v) is 5.98. The minimum atomic E-state index is -1.18. The smallest absolute Gasteiger partial charge is 0.412 e. The van der Waals surface area contributed by atoms with Crippen LogP contribution in [0.15, 0.2) is 78.9 Å². The molecule has 13 nitrogen and oxygen atoms in total. The number of anilines is 2. The van der Waals surface area contributed by atoms with Gasteiger partial charge in [0, 0.05) is 17.8 Å². The van der Waals surface area contributed by atoms with Crippen LogP contribution in [0.5, 0.6) is 0 Å². The number of ketones is 1. The number of unbranched alkanes of at least 4 members (excludes halogenated alkanes) is 3. The highest BCUT2D eigenvalue weighted by Gasteiger charge is 2.50. The van der Waals surface area contributed by atoms with Crippen molar-refractivity contribution in [1.29, 1.82) is 0 Å². The van der Waals surface area contributed by atoms with Gasteiger partial charge in [0.05, 0.1) is 18.7 Å². The Kier molecular flexibility index (Phi) is 15.4. The number of hydrogen-bond acceptors (Lipinski definition) is 8. The van der Waals surface area contributed by atoms with E-state index in [-0.39, 0.29) is 31.7 Å². The van der Waals surface area contributed by atoms with Gasteiger partial charge in [-0.2, -0.15) is 0 Å². The van der Waals surface area contributed by atoms with Gasteiger partial charge in [-0.3, -0.25) is 25.0 Å². The molecule has 13 heteroatoms. The van der Waals surface area contributed by atoms with Crippen molar-refractivity contribution < 1.29 is 38.6 Å². The summed E-state index contributed by atoms with van der Waals surface area (Å²) in [6.07, 6.45) is 2.81. The third-order valence-corrected chi connectivity index (χ3v) is 9.07. The summed E-state index contributed by atoms with van der Waals surface area (Å²) in [7, 11) is 0. The molecule has 1 fully saturated rings. The summed E-state index contributed by atoms with van der Waals surface area (Å²) in [5, 5.41) is 23.4. The summed E-state index contributed by atoms with van der Waals surface area (Å²) in [6.45, 7) is 9.97. The van der Waals surface area contributed by atoms with Crippen LogP contribution in [0, 0.1) is 0 Å². The molecule has 1 saturated heterocycles. The lowest BCUT2D eigenvalue weighted by Gasteiger charge is -2.26. The van der Waals surface area contributed by atoms with E-state index in [0.29, 0.717) is 23.5 Å². The predicted octanol–water partition coefficient (Wildman–Crippen LogP) is 6.02. The molecule has 6 N–H and O–H groups in total. The van der Waals surface area contributed by atoms with Gasteiger partial charge in [-0.1, -0.05) is 80.8 Å². The van der Waals surface area contributed by atoms with Crippen LogP contribution < -0.4 is 26.6 Å². The quantitative estimate of drug-likeness (QED) is 0.0592. The highest BCUT2D eigenvalue weighted by Crippen LogP contribution is 2.29. The third-order valence-electron chi connectivity index (χ3n) is 9.07. The first-order valence-electron chi connectivity index (χ1n) is 18.9. The van der Waals surface area contributed by atoms with Crippen LogP contribution in [0.4, 0.5) is 21.0 Å². The molecule has 0 radical (unpaired) electrons. The Morgan fingerprint density at radius 1 is 0.727 bits per heavy atom. The minimum absolute atomic E-state index is 0.0864. The van der Waals surface area contributed by atoms with Gasteiger partial charge in [0.1, 0.15) is 17.2 Å². The Hall–Kier alpha value is -5.27. The summed E-state index contributed by atoms with van der Waals surface area (Å²) in [5.74, 6) is -1.19. The fraction of sp³-hybridized carbons (Fsp3) is 0.452. The van der Waals surface area contributed by atoms with E-state index in [0.717, 1.165) is 36.8 Å². The minimum Gasteiger partial charge on any atom is -0.465 e. The zero-order chi connectivity index (χ0) is 40.0. The lowest BCUT2D eigenvalue weighted by molar-refractivity contribution is -0.133. The average molecular weight is 758 g/mol. The van der Waals surface area contributed by atoms with Crippen molar-refractivity contribution in [2.45, 2.75) is 109 Å². The molecule has 296 valence electrons. The fourth-order valence-electron chi connectivity index (χ4n) is 5.98. The van der Waals surface area contributed by atoms with E-state index in [1.54, 1.807) is 76.2 Å². The van der Waals surface area contributed by atoms with Crippen molar-refractivity contribution in [3.05, 3.63) is 95.6 Å². The number of benzene rings is 3. The maximum absolute atomic E-state index is 14.3. The van der Waals surface area contributed by atoms with Crippen molar-refractivity contribution in [3.8, 4) is 0 Å². The summed E-state index contributed by atoms with van der Waals surface area (Å²) < 4.78 is 10.8. The van der Waals surface area contributed by atoms with E-state index in [4.69, 9.17) is 14.6 Å². The zero-order valence-corrected chi connectivity index (χ0v) is 32.4. The van der Waals surface area contributed by atoms with Gasteiger partial charge in [-0.15, -0.1) is 0 Å². The standard InChI is InChI=1S/C42H55N5O8/c1-6-7-8-12-23-43-34(25-29-15-19-31(20-16-29)44-39(51)52)37(49)47-35(26-30-17-21-32(22-18-30)45-40(53)55-41(2,3)4)38(50)46-33(36(48)42(5)27-54-42)24-28-13-10-9-11-14-28/h9-11,13-22,33-35,43-44H,6-8,12,23-27H2,1-5H3,(H,45,53)(H,46,50)(H,47,49)(H,51,52)/t33-,34+,35-,42+/m0/s1. The SMILES string of the molecule is CCCCCCN[C@H](Cc1ccc(NC(=O)O)cc1)C(=O)N[C@@H](Cc1ccc(NC(=O)OC(C)(C)C)cc1)C(=O)N[C@@H](Cc1ccccc1)C(=O)[C@@]1(C)CO1. The van der Waals surface area contributed by atoms with Gasteiger partial charge in [0.15, 0.2) is 5.78 Å². The predicted molar refractivity (Wildman–Crippen MR) is 211 cm³/mol. The second-order valence-electron chi connectivity index (χ2n) is 15.1. The number of amides is 4. The van der Waals surface area contributed by atoms with Crippen molar-refractivity contribution in [2.24, 2.45) is 0 Å². The second kappa shape index (κ2) is 19.9. The Morgan fingerprint density at radius 2 is 1.24 bits per heavy atom. The molecule has 0 unspecified atom stereocenters. The lowest BCUT2D eigenvalue weighted by Crippen LogP contribution is -2.57. The molecule has 55 heavy (non-hydrogen) atoms. The molecule has 4 rings (SSSR count). The van der Waals surface area contributed by atoms with Crippen molar-refractivity contribution in [1.82, 2.24) is 16.0 Å². The zero-order valence-electron chi connectivity index (χ0n) is 32.4. The highest BCUT2D eigenvalue weighted by atomic mass is 16.6. The Bertz CT molecular complexity index is 1740. The normalized spacial score (nSPS) is 16.5. The maximum atomic E-state index is 14.3. The summed E-state index contributed by atoms with van der Waals surface area (Å²) in [5.41, 5.74) is 1.57. The summed E-state index contributed by atoms with van der Waals surface area (Å²) in [4.78, 5) is 65.5. The Morgan fingerprint density at radius 3 is 1.78 bits per heavy atom. The number of ether oxygens (including phenoxy) is 2. The second-order valence-corrected chi connectivity index (χ2v) is 15.1. The maximum Gasteiger partial charge on any atom is 0.412 e. The van der Waals surface area contributed by atoms with E-state index in [1.807, 2.05) is 30.3 Å². The van der Waals surface area contributed by atoms with Crippen LogP contribution in [-0.4, -0.2) is 77.4 Å². The molecule has 0 bridgehead atoms. The van der Waals surface area contributed by atoms with Gasteiger partial charge < -0.3 is 30.5 Å². The van der Waals surface area contributed by atoms with Crippen LogP contribution in [-0.2, 0) is 43.1 Å². The first-order chi connectivity index (χ1) is 26.1. The van der Waals surface area contributed by atoms with E-state index in [9.17, 15) is 24.0 Å². The molecule has 0 spiro atoms. The van der Waals surface area contributed by atoms with Crippen molar-refractivity contribution >= 4 is 41.2 Å². The van der Waals surface area contributed by atoms with Gasteiger partial charge in [0.25, 0.3) is 0 Å². The van der Waals surface area contributed by atoms with Crippen molar-refractivity contribution in [2.75, 3.05) is 23.8 Å². The molecule has 3 aromatic rings. The number of nitrogens with one attached hydrogen (secondary N) is 5. The Labute approximate surface area is 323 Å². The molecule has 4 amide bonds. The first kappa shape index (κ1) is 42.5. The topological polar surface area (TPSA) is 187 Å². The van der Waals surface area contributed by atoms with E-state index in [1.165, 1.54) is 0 Å². The van der Waals surface area contributed by atoms with Crippen LogP contribution in [0.2, 0.25) is 0 Å². The van der Waals surface area contributed by atoms with E-state index >= 15 is 0 Å². The molecular formula is C42H55N5O8. The van der Waals surface area contributed by atoms with E-state index < -0.39 is 53.3 Å². The van der Waals surface area contributed by atoms with Gasteiger partial charge in [-0.25, -0.2) is 9.59 Å². The number of epoxide rings is 1. The Balaban J connectivity index is 1.58. The molecule has 0 saturated carbocycles. The average Bonchev–Trinajstić information content (AvgIpc) is 3.89. The number of rotatable bonds is 20. The molecule has 1 aliphatic rings. The van der Waals surface area contributed by atoms with E-state index in [2.05, 4.69) is 33.5 Å². The molecule has 4 atom stereocenters. The van der Waals surface area contributed by atoms with Gasteiger partial charge >= 0.3 is 12.2 Å². The van der Waals surface area contributed by atoms with Crippen LogP contribution >= 0.6 is 0 Å². The molecule has 0 aliphatic carbocycles. The van der Waals surface area contributed by atoms with Crippen LogP contribution in [0.25, 0.3) is 0 Å². The lowest BCUT2D eigenvalue weighted by atomic mass is 9.94. The molecule has 1 heterocycles. The first-order valence-corrected chi connectivity index (χ1v) is 18.9. The molecule has 1 aliphatic heterocycles. The monoisotopic (exact) mass is 757 g/mol. The van der Waals surface area contributed by atoms with Gasteiger partial charge in [0.2, 0.25) is 11.8 Å². The van der Waals surface area contributed by atoms with Crippen LogP contribution in [0.3, 0.4) is 0 Å². The molecular weight excluding hydrogens is 702 g/mol. The molecule has 3 aromatic carbocycles. The summed E-state index contributed by atoms with van der Waals surface area (Å²) >= 11 is 0. The number of hydrogen-bond donors (Lipinski definition) is 6. The van der Waals surface area contributed by atoms with Crippen molar-refractivity contribution in [3.63, 3.8) is 0 Å². The largest absolute Gasteiger partial charge is 0.465 e. The third kappa shape index (κ3) is 14.5. The number of carbonyl (C=O) groups is 5. The molecule has 0 aromatic heterocycles. The highest BCUT2D eigenvalue weighted by molar-refractivity contribution is 5.98.